The lowest BCUT2D eigenvalue weighted by Crippen LogP contribution is -2.22. The fourth-order valence-corrected chi connectivity index (χ4v) is 4.60. The molecule has 0 radical (unpaired) electrons. The van der Waals surface area contributed by atoms with Crippen molar-refractivity contribution in [3.05, 3.63) is 74.9 Å². The van der Waals surface area contributed by atoms with E-state index in [1.54, 1.807) is 0 Å². The van der Waals surface area contributed by atoms with Crippen molar-refractivity contribution in [2.45, 2.75) is 30.8 Å². The molecule has 7 nitrogen and oxygen atoms in total. The second kappa shape index (κ2) is 7.90. The summed E-state index contributed by atoms with van der Waals surface area (Å²) in [5.41, 5.74) is 2.04. The fraction of sp³-hybridized carbons (Fsp3) is 0.273. The smallest absolute Gasteiger partial charge is 0.341 e. The van der Waals surface area contributed by atoms with Gasteiger partial charge in [0.15, 0.2) is 0 Å². The third-order valence-electron chi connectivity index (χ3n) is 5.34. The molecular formula is C22H20FNO6S. The van der Waals surface area contributed by atoms with E-state index < -0.39 is 33.0 Å². The molecule has 0 atom stereocenters. The molecule has 0 N–H and O–H groups in total. The van der Waals surface area contributed by atoms with E-state index in [0.717, 1.165) is 52.9 Å². The molecule has 0 saturated carbocycles. The van der Waals surface area contributed by atoms with Crippen LogP contribution in [0, 0.1) is 5.82 Å². The van der Waals surface area contributed by atoms with E-state index >= 15 is 0 Å². The molecule has 162 valence electrons. The second-order valence-electron chi connectivity index (χ2n) is 7.57. The van der Waals surface area contributed by atoms with E-state index in [2.05, 4.69) is 0 Å². The number of carbonyl (C=O) groups is 1. The van der Waals surface area contributed by atoms with Crippen molar-refractivity contribution in [3.8, 4) is 0 Å². The van der Waals surface area contributed by atoms with E-state index in [1.165, 1.54) is 20.2 Å². The average molecular weight is 445 g/mol. The van der Waals surface area contributed by atoms with Crippen LogP contribution in [0.4, 0.5) is 4.39 Å². The van der Waals surface area contributed by atoms with Gasteiger partial charge in [-0.05, 0) is 60.7 Å². The molecule has 0 bridgehead atoms. The number of carbonyl (C=O) groups excluding carboxylic acids is 1. The summed E-state index contributed by atoms with van der Waals surface area (Å²) in [5.74, 6) is -1.94. The number of benzene rings is 2. The van der Waals surface area contributed by atoms with Gasteiger partial charge in [-0.1, -0.05) is 0 Å². The topological polar surface area (TPSA) is 93.9 Å². The van der Waals surface area contributed by atoms with Gasteiger partial charge in [0, 0.05) is 31.1 Å². The number of hydrogen-bond acceptors (Lipinski definition) is 6. The van der Waals surface area contributed by atoms with Gasteiger partial charge < -0.3 is 9.15 Å². The highest BCUT2D eigenvalue weighted by Crippen LogP contribution is 2.29. The highest BCUT2D eigenvalue weighted by Gasteiger charge is 2.23. The first-order chi connectivity index (χ1) is 14.7. The minimum atomic E-state index is -3.85. The van der Waals surface area contributed by atoms with Crippen LogP contribution in [0.5, 0.6) is 0 Å². The van der Waals surface area contributed by atoms with Crippen molar-refractivity contribution in [2.24, 2.45) is 0 Å². The van der Waals surface area contributed by atoms with E-state index in [9.17, 15) is 22.4 Å². The molecule has 4 rings (SSSR count). The second-order valence-corrected chi connectivity index (χ2v) is 9.72. The van der Waals surface area contributed by atoms with E-state index in [4.69, 9.17) is 9.15 Å². The first-order valence-electron chi connectivity index (χ1n) is 9.64. The average Bonchev–Trinajstić information content (AvgIpc) is 3.17. The number of nitrogens with zero attached hydrogens (tertiary/aromatic N) is 1. The van der Waals surface area contributed by atoms with Crippen LogP contribution in [-0.4, -0.2) is 32.8 Å². The van der Waals surface area contributed by atoms with Crippen LogP contribution in [-0.2, 0) is 34.2 Å². The number of hydrogen-bond donors (Lipinski definition) is 0. The lowest BCUT2D eigenvalue weighted by Gasteiger charge is -2.13. The van der Waals surface area contributed by atoms with Gasteiger partial charge in [-0.25, -0.2) is 26.7 Å². The Bertz CT molecular complexity index is 1360. The van der Waals surface area contributed by atoms with Crippen molar-refractivity contribution < 1.29 is 26.8 Å². The van der Waals surface area contributed by atoms with Crippen LogP contribution in [0.3, 0.4) is 0 Å². The summed E-state index contributed by atoms with van der Waals surface area (Å²) >= 11 is 0. The zero-order valence-corrected chi connectivity index (χ0v) is 17.8. The third-order valence-corrected chi connectivity index (χ3v) is 7.15. The Labute approximate surface area is 178 Å². The van der Waals surface area contributed by atoms with Crippen molar-refractivity contribution in [1.29, 1.82) is 0 Å². The number of esters is 1. The maximum atomic E-state index is 14.2. The van der Waals surface area contributed by atoms with E-state index in [-0.39, 0.29) is 11.5 Å². The number of aryl methyl sites for hydroxylation is 2. The van der Waals surface area contributed by atoms with Gasteiger partial charge in [0.25, 0.3) is 0 Å². The van der Waals surface area contributed by atoms with Crippen molar-refractivity contribution >= 4 is 27.0 Å². The normalized spacial score (nSPS) is 13.5. The van der Waals surface area contributed by atoms with Gasteiger partial charge in [-0.2, -0.15) is 0 Å². The van der Waals surface area contributed by atoms with Gasteiger partial charge in [0.1, 0.15) is 18.0 Å². The maximum absolute atomic E-state index is 14.2. The Morgan fingerprint density at radius 3 is 2.55 bits per heavy atom. The monoisotopic (exact) mass is 445 g/mol. The number of sulfonamides is 1. The first-order valence-corrected chi connectivity index (χ1v) is 11.1. The Morgan fingerprint density at radius 2 is 1.84 bits per heavy atom. The fourth-order valence-electron chi connectivity index (χ4n) is 3.67. The minimum absolute atomic E-state index is 0.229. The van der Waals surface area contributed by atoms with Crippen LogP contribution in [0.1, 0.15) is 33.5 Å². The predicted octanol–water partition coefficient (Wildman–Crippen LogP) is 3.03. The standard InChI is InChI=1S/C22H20FNO6S/c1-24(2)31(27,28)16-6-7-19(23)18(11-16)22(26)29-12-15-10-21(25)30-20-9-14-5-3-4-13(14)8-17(15)20/h6-11H,3-5,12H2,1-2H3. The Hall–Kier alpha value is -3.04. The number of halogens is 1. The van der Waals surface area contributed by atoms with Crippen molar-refractivity contribution in [3.63, 3.8) is 0 Å². The molecule has 1 aromatic heterocycles. The zero-order chi connectivity index (χ0) is 22.3. The van der Waals surface area contributed by atoms with Crippen LogP contribution >= 0.6 is 0 Å². The summed E-state index contributed by atoms with van der Waals surface area (Å²) in [6, 6.07) is 7.92. The highest BCUT2D eigenvalue weighted by atomic mass is 32.2. The maximum Gasteiger partial charge on any atom is 0.341 e. The van der Waals surface area contributed by atoms with Crippen LogP contribution in [0.25, 0.3) is 11.0 Å². The lowest BCUT2D eigenvalue weighted by molar-refractivity contribution is 0.0468. The molecule has 0 saturated heterocycles. The van der Waals surface area contributed by atoms with Crippen molar-refractivity contribution in [1.82, 2.24) is 4.31 Å². The molecule has 0 unspecified atom stereocenters. The Balaban J connectivity index is 1.64. The summed E-state index contributed by atoms with van der Waals surface area (Å²) in [6.07, 6.45) is 2.85. The lowest BCUT2D eigenvalue weighted by atomic mass is 10.0. The van der Waals surface area contributed by atoms with E-state index in [1.807, 2.05) is 12.1 Å². The number of ether oxygens (including phenoxy) is 1. The van der Waals surface area contributed by atoms with E-state index in [0.29, 0.717) is 16.5 Å². The highest BCUT2D eigenvalue weighted by molar-refractivity contribution is 7.89. The molecule has 0 fully saturated rings. The first kappa shape index (κ1) is 21.2. The molecule has 1 aliphatic carbocycles. The van der Waals surface area contributed by atoms with Crippen molar-refractivity contribution in [2.75, 3.05) is 14.1 Å². The zero-order valence-electron chi connectivity index (χ0n) is 17.0. The molecule has 2 aromatic carbocycles. The molecule has 3 aromatic rings. The predicted molar refractivity (Wildman–Crippen MR) is 111 cm³/mol. The molecule has 0 aliphatic heterocycles. The van der Waals surface area contributed by atoms with Crippen LogP contribution in [0.15, 0.2) is 50.5 Å². The van der Waals surface area contributed by atoms with Gasteiger partial charge in [-0.3, -0.25) is 0 Å². The Kier molecular flexibility index (Phi) is 5.40. The quantitative estimate of drug-likeness (QED) is 0.443. The number of fused-ring (bicyclic) bond motifs is 2. The minimum Gasteiger partial charge on any atom is -0.457 e. The summed E-state index contributed by atoms with van der Waals surface area (Å²) in [7, 11) is -1.19. The molecular weight excluding hydrogens is 425 g/mol. The molecule has 0 spiro atoms. The molecule has 0 amide bonds. The summed E-state index contributed by atoms with van der Waals surface area (Å²) in [6.45, 7) is -0.288. The SMILES string of the molecule is CN(C)S(=O)(=O)c1ccc(F)c(C(=O)OCc2cc(=O)oc3cc4c(cc23)CCC4)c1. The van der Waals surface area contributed by atoms with Gasteiger partial charge >= 0.3 is 11.6 Å². The third kappa shape index (κ3) is 3.98. The summed E-state index contributed by atoms with van der Waals surface area (Å²) < 4.78 is 50.3. The molecule has 1 heterocycles. The molecule has 1 aliphatic rings. The molecule has 31 heavy (non-hydrogen) atoms. The molecule has 9 heteroatoms. The largest absolute Gasteiger partial charge is 0.457 e. The number of rotatable bonds is 5. The van der Waals surface area contributed by atoms with Crippen LogP contribution < -0.4 is 5.63 Å². The summed E-state index contributed by atoms with van der Waals surface area (Å²) in [4.78, 5) is 24.2. The van der Waals surface area contributed by atoms with Gasteiger partial charge in [0.05, 0.1) is 10.5 Å². The van der Waals surface area contributed by atoms with Gasteiger partial charge in [0.2, 0.25) is 10.0 Å². The van der Waals surface area contributed by atoms with Crippen LogP contribution in [0.2, 0.25) is 0 Å². The van der Waals surface area contributed by atoms with Gasteiger partial charge in [-0.15, -0.1) is 0 Å². The Morgan fingerprint density at radius 1 is 1.13 bits per heavy atom. The summed E-state index contributed by atoms with van der Waals surface area (Å²) in [5, 5.41) is 0.650.